The number of nitrogens with zero attached hydrogens (tertiary/aromatic N) is 2. The number of rotatable bonds is 17. The molecule has 0 spiro atoms. The molecule has 246 valence electrons. The minimum atomic E-state index is -1.22. The van der Waals surface area contributed by atoms with Gasteiger partial charge in [-0.1, -0.05) is 90.6 Å². The summed E-state index contributed by atoms with van der Waals surface area (Å²) in [5.41, 5.74) is 2.84. The maximum Gasteiger partial charge on any atom is 0.365 e. The van der Waals surface area contributed by atoms with E-state index < -0.39 is 35.0 Å². The molecule has 0 aliphatic heterocycles. The third-order valence-corrected chi connectivity index (χ3v) is 9.14. The normalized spacial score (nSPS) is 15.0. The van der Waals surface area contributed by atoms with Gasteiger partial charge in [0, 0.05) is 35.6 Å². The smallest absolute Gasteiger partial charge is 0.365 e. The van der Waals surface area contributed by atoms with Crippen molar-refractivity contribution in [3.63, 3.8) is 0 Å². The molecule has 1 aliphatic rings. The molecule has 0 amide bonds. The van der Waals surface area contributed by atoms with Crippen LogP contribution in [0.1, 0.15) is 148 Å². The standard InChI is InChI=1S/C36H50F2N4O3/c1-5-7-9-10-11-12-13-15-21-42-25(4)31(24(3)41-42)30-22-29(37)33(40-30)35(43)45-36(44)34-32(38)28(23-39-34)27-19-17-26(18-20-27)16-14-8-6-2/h19,22-23,26,39-40H,5-18,20-21H2,1-4H3. The highest BCUT2D eigenvalue weighted by Gasteiger charge is 2.28. The van der Waals surface area contributed by atoms with Gasteiger partial charge in [0.05, 0.1) is 11.4 Å². The number of unbranched alkanes of at least 4 members (excludes halogenated alkanes) is 9. The van der Waals surface area contributed by atoms with Crippen LogP contribution in [0.15, 0.2) is 18.3 Å². The second kappa shape index (κ2) is 16.7. The summed E-state index contributed by atoms with van der Waals surface area (Å²) in [6.07, 6.45) is 20.6. The van der Waals surface area contributed by atoms with Crippen molar-refractivity contribution in [3.8, 4) is 11.3 Å². The topological polar surface area (TPSA) is 92.8 Å². The molecule has 0 bridgehead atoms. The molecule has 3 aromatic heterocycles. The van der Waals surface area contributed by atoms with Crippen molar-refractivity contribution < 1.29 is 23.1 Å². The minimum Gasteiger partial charge on any atom is -0.383 e. The maximum absolute atomic E-state index is 15.3. The van der Waals surface area contributed by atoms with Crippen LogP contribution in [0.3, 0.4) is 0 Å². The van der Waals surface area contributed by atoms with Crippen LogP contribution in [0, 0.1) is 31.4 Å². The molecule has 2 N–H and O–H groups in total. The van der Waals surface area contributed by atoms with E-state index in [2.05, 4.69) is 28.9 Å². The molecule has 0 fully saturated rings. The molecule has 3 heterocycles. The van der Waals surface area contributed by atoms with Crippen LogP contribution in [0.25, 0.3) is 16.8 Å². The van der Waals surface area contributed by atoms with Gasteiger partial charge in [-0.3, -0.25) is 4.68 Å². The summed E-state index contributed by atoms with van der Waals surface area (Å²) in [6, 6.07) is 1.21. The lowest BCUT2D eigenvalue weighted by Crippen LogP contribution is -2.15. The van der Waals surface area contributed by atoms with E-state index in [4.69, 9.17) is 4.74 Å². The van der Waals surface area contributed by atoms with Crippen molar-refractivity contribution in [1.82, 2.24) is 19.7 Å². The van der Waals surface area contributed by atoms with Crippen LogP contribution in [0.2, 0.25) is 0 Å². The predicted molar refractivity (Wildman–Crippen MR) is 174 cm³/mol. The highest BCUT2D eigenvalue weighted by atomic mass is 19.1. The fraction of sp³-hybridized carbons (Fsp3) is 0.583. The van der Waals surface area contributed by atoms with Gasteiger partial charge in [-0.25, -0.2) is 18.4 Å². The van der Waals surface area contributed by atoms with Crippen molar-refractivity contribution >= 4 is 17.5 Å². The summed E-state index contributed by atoms with van der Waals surface area (Å²) in [7, 11) is 0. The predicted octanol–water partition coefficient (Wildman–Crippen LogP) is 10.0. The lowest BCUT2D eigenvalue weighted by Gasteiger charge is -2.21. The van der Waals surface area contributed by atoms with Crippen molar-refractivity contribution in [2.75, 3.05) is 0 Å². The Balaban J connectivity index is 1.35. The Kier molecular flexibility index (Phi) is 12.8. The molecule has 1 aliphatic carbocycles. The van der Waals surface area contributed by atoms with E-state index >= 15 is 4.39 Å². The van der Waals surface area contributed by atoms with Crippen LogP contribution in [-0.2, 0) is 11.3 Å². The highest BCUT2D eigenvalue weighted by Crippen LogP contribution is 2.35. The molecule has 1 atom stereocenters. The zero-order valence-electron chi connectivity index (χ0n) is 27.5. The van der Waals surface area contributed by atoms with Gasteiger partial charge in [-0.15, -0.1) is 0 Å². The zero-order chi connectivity index (χ0) is 32.3. The number of H-pyrrole nitrogens is 2. The summed E-state index contributed by atoms with van der Waals surface area (Å²) in [6.45, 7) is 8.92. The number of carbonyl (C=O) groups excluding carboxylic acids is 2. The number of halogens is 2. The Morgan fingerprint density at radius 2 is 1.62 bits per heavy atom. The molecule has 0 aromatic carbocycles. The first kappa shape index (κ1) is 34.4. The Morgan fingerprint density at radius 3 is 2.31 bits per heavy atom. The molecule has 0 saturated heterocycles. The summed E-state index contributed by atoms with van der Waals surface area (Å²) < 4.78 is 37.1. The fourth-order valence-corrected chi connectivity index (χ4v) is 6.46. The second-order valence-electron chi connectivity index (χ2n) is 12.6. The molecule has 4 rings (SSSR count). The highest BCUT2D eigenvalue weighted by molar-refractivity contribution is 6.02. The maximum atomic E-state index is 15.3. The first-order valence-corrected chi connectivity index (χ1v) is 17.0. The summed E-state index contributed by atoms with van der Waals surface area (Å²) in [5, 5.41) is 4.64. The van der Waals surface area contributed by atoms with Gasteiger partial charge < -0.3 is 14.7 Å². The number of hydrogen-bond donors (Lipinski definition) is 2. The second-order valence-corrected chi connectivity index (χ2v) is 12.6. The van der Waals surface area contributed by atoms with E-state index in [1.54, 1.807) is 0 Å². The number of ether oxygens (including phenoxy) is 1. The number of aryl methyl sites for hydroxylation is 2. The van der Waals surface area contributed by atoms with Crippen LogP contribution >= 0.6 is 0 Å². The lowest BCUT2D eigenvalue weighted by molar-refractivity contribution is 0.0384. The number of aromatic amines is 2. The summed E-state index contributed by atoms with van der Waals surface area (Å²) in [5.74, 6) is -3.43. The number of carbonyl (C=O) groups is 2. The molecular weight excluding hydrogens is 574 g/mol. The molecule has 1 unspecified atom stereocenters. The van der Waals surface area contributed by atoms with Crippen molar-refractivity contribution in [3.05, 3.63) is 58.3 Å². The molecule has 0 radical (unpaired) electrons. The van der Waals surface area contributed by atoms with Crippen LogP contribution < -0.4 is 0 Å². The van der Waals surface area contributed by atoms with Gasteiger partial charge in [0.25, 0.3) is 0 Å². The van der Waals surface area contributed by atoms with E-state index in [9.17, 15) is 14.0 Å². The number of allylic oxidation sites excluding steroid dienone is 2. The largest absolute Gasteiger partial charge is 0.383 e. The summed E-state index contributed by atoms with van der Waals surface area (Å²) >= 11 is 0. The SMILES string of the molecule is CCCCCCCCCCn1nc(C)c(-c2cc(F)c(C(=O)OC(=O)c3[nH]cc(C4=CCC(CCCCC)CC4)c3F)[nH]2)c1C. The monoisotopic (exact) mass is 624 g/mol. The molecule has 45 heavy (non-hydrogen) atoms. The quantitative estimate of drug-likeness (QED) is 0.0888. The van der Waals surface area contributed by atoms with Gasteiger partial charge in [-0.05, 0) is 51.0 Å². The van der Waals surface area contributed by atoms with Crippen molar-refractivity contribution in [1.29, 1.82) is 0 Å². The van der Waals surface area contributed by atoms with Crippen molar-refractivity contribution in [2.24, 2.45) is 5.92 Å². The molecule has 9 heteroatoms. The van der Waals surface area contributed by atoms with Gasteiger partial charge in [-0.2, -0.15) is 5.10 Å². The average Bonchev–Trinajstić information content (AvgIpc) is 3.68. The minimum absolute atomic E-state index is 0.310. The van der Waals surface area contributed by atoms with E-state index in [-0.39, 0.29) is 0 Å². The third-order valence-electron chi connectivity index (χ3n) is 9.14. The molecular formula is C36H50F2N4O3. The van der Waals surface area contributed by atoms with Crippen LogP contribution in [0.5, 0.6) is 0 Å². The van der Waals surface area contributed by atoms with Gasteiger partial charge >= 0.3 is 11.9 Å². The Hall–Kier alpha value is -3.49. The van der Waals surface area contributed by atoms with E-state index in [1.165, 1.54) is 76.5 Å². The van der Waals surface area contributed by atoms with E-state index in [1.807, 2.05) is 24.6 Å². The number of hydrogen-bond acceptors (Lipinski definition) is 4. The van der Waals surface area contributed by atoms with Crippen LogP contribution in [-0.4, -0.2) is 31.7 Å². The van der Waals surface area contributed by atoms with Crippen molar-refractivity contribution in [2.45, 2.75) is 131 Å². The zero-order valence-corrected chi connectivity index (χ0v) is 27.5. The number of nitrogens with one attached hydrogen (secondary N) is 2. The average molecular weight is 625 g/mol. The first-order chi connectivity index (χ1) is 21.7. The van der Waals surface area contributed by atoms with Gasteiger partial charge in [0.2, 0.25) is 0 Å². The Bertz CT molecular complexity index is 1460. The Labute approximate surface area is 266 Å². The molecule has 0 saturated carbocycles. The number of aromatic nitrogens is 4. The van der Waals surface area contributed by atoms with Gasteiger partial charge in [0.1, 0.15) is 0 Å². The Morgan fingerprint density at radius 1 is 0.956 bits per heavy atom. The van der Waals surface area contributed by atoms with E-state index in [0.29, 0.717) is 28.4 Å². The van der Waals surface area contributed by atoms with Crippen LogP contribution in [0.4, 0.5) is 8.78 Å². The van der Waals surface area contributed by atoms with Gasteiger partial charge in [0.15, 0.2) is 23.0 Å². The van der Waals surface area contributed by atoms with E-state index in [0.717, 1.165) is 49.9 Å². The lowest BCUT2D eigenvalue weighted by atomic mass is 9.84. The molecule has 7 nitrogen and oxygen atoms in total. The first-order valence-electron chi connectivity index (χ1n) is 17.0. The fourth-order valence-electron chi connectivity index (χ4n) is 6.46. The third kappa shape index (κ3) is 8.82. The summed E-state index contributed by atoms with van der Waals surface area (Å²) in [4.78, 5) is 31.0. The number of esters is 2. The molecule has 3 aromatic rings.